The summed E-state index contributed by atoms with van der Waals surface area (Å²) in [5.74, 6) is 0.558. The van der Waals surface area contributed by atoms with Gasteiger partial charge in [-0.25, -0.2) is 9.97 Å². The van der Waals surface area contributed by atoms with Crippen molar-refractivity contribution >= 4 is 23.2 Å². The highest BCUT2D eigenvalue weighted by atomic mass is 35.5. The van der Waals surface area contributed by atoms with E-state index < -0.39 is 11.9 Å². The van der Waals surface area contributed by atoms with E-state index in [1.165, 1.54) is 6.07 Å². The Morgan fingerprint density at radius 2 is 1.83 bits per heavy atom. The minimum absolute atomic E-state index is 0.126. The van der Waals surface area contributed by atoms with E-state index in [0.29, 0.717) is 34.4 Å². The molecule has 1 N–H and O–H groups in total. The maximum atomic E-state index is 13.3. The number of benzene rings is 1. The van der Waals surface area contributed by atoms with Gasteiger partial charge >= 0.3 is 6.18 Å². The van der Waals surface area contributed by atoms with Crippen molar-refractivity contribution in [2.45, 2.75) is 64.8 Å². The van der Waals surface area contributed by atoms with Gasteiger partial charge in [0.15, 0.2) is 0 Å². The highest BCUT2D eigenvalue weighted by Crippen LogP contribution is 2.30. The zero-order valence-corrected chi connectivity index (χ0v) is 25.1. The number of carbonyl (C=O) groups excluding carboxylic acids is 1. The number of anilines is 1. The van der Waals surface area contributed by atoms with Gasteiger partial charge in [0.1, 0.15) is 16.6 Å². The molecule has 0 bridgehead atoms. The van der Waals surface area contributed by atoms with E-state index in [-0.39, 0.29) is 24.5 Å². The summed E-state index contributed by atoms with van der Waals surface area (Å²) < 4.78 is 45.3. The molecule has 0 radical (unpaired) electrons. The van der Waals surface area contributed by atoms with Crippen molar-refractivity contribution in [1.29, 1.82) is 0 Å². The summed E-state index contributed by atoms with van der Waals surface area (Å²) in [5.41, 5.74) is 2.35. The van der Waals surface area contributed by atoms with Crippen molar-refractivity contribution in [1.82, 2.24) is 20.2 Å². The molecule has 0 saturated carbocycles. The molecular weight excluding hydrogens is 567 g/mol. The van der Waals surface area contributed by atoms with Gasteiger partial charge in [-0.2, -0.15) is 13.2 Å². The van der Waals surface area contributed by atoms with Gasteiger partial charge in [0.05, 0.1) is 30.6 Å². The summed E-state index contributed by atoms with van der Waals surface area (Å²) >= 11 is 6.00. The predicted molar refractivity (Wildman–Crippen MR) is 158 cm³/mol. The van der Waals surface area contributed by atoms with Gasteiger partial charge in [-0.1, -0.05) is 17.7 Å². The number of halogens is 4. The Morgan fingerprint density at radius 1 is 1.14 bits per heavy atom. The number of alkyl halides is 3. The standard InChI is InChI=1S/C31H37ClF3N5O2/c1-20-18-28(32)37-22(3)29(20)30(41)36-15-12-21(2)39-16-13-25(14-17-39)40(24-8-10-26(42-4)11-9-24)19-23-6-5-7-27(38-23)31(33,34)35/h5-11,18,21,25H,12-17,19H2,1-4H3,(H,36,41)/t21-/m1/s1. The number of piperidine rings is 1. The maximum Gasteiger partial charge on any atom is 0.433 e. The highest BCUT2D eigenvalue weighted by molar-refractivity contribution is 6.29. The fourth-order valence-corrected chi connectivity index (χ4v) is 5.83. The number of amides is 1. The van der Waals surface area contributed by atoms with E-state index in [1.54, 1.807) is 26.2 Å². The molecule has 1 atom stereocenters. The average Bonchev–Trinajstić information content (AvgIpc) is 2.95. The zero-order chi connectivity index (χ0) is 30.4. The molecule has 0 unspecified atom stereocenters. The van der Waals surface area contributed by atoms with Crippen LogP contribution in [-0.4, -0.2) is 59.6 Å². The molecule has 3 aromatic rings. The molecule has 7 nitrogen and oxygen atoms in total. The Morgan fingerprint density at radius 3 is 2.45 bits per heavy atom. The number of pyridine rings is 2. The molecule has 3 heterocycles. The van der Waals surface area contributed by atoms with Crippen LogP contribution in [0, 0.1) is 13.8 Å². The van der Waals surface area contributed by atoms with Gasteiger partial charge in [0.25, 0.3) is 5.91 Å². The fourth-order valence-electron chi connectivity index (χ4n) is 5.54. The Kier molecular flexibility index (Phi) is 10.3. The summed E-state index contributed by atoms with van der Waals surface area (Å²) in [6.45, 7) is 8.24. The first kappa shape index (κ1) is 31.6. The van der Waals surface area contributed by atoms with Crippen LogP contribution < -0.4 is 15.0 Å². The molecule has 1 amide bonds. The third-order valence-electron chi connectivity index (χ3n) is 7.84. The van der Waals surface area contributed by atoms with Crippen molar-refractivity contribution in [3.8, 4) is 5.75 Å². The smallest absolute Gasteiger partial charge is 0.433 e. The molecule has 42 heavy (non-hydrogen) atoms. The quantitative estimate of drug-likeness (QED) is 0.269. The van der Waals surface area contributed by atoms with Crippen molar-refractivity contribution < 1.29 is 22.7 Å². The number of hydrogen-bond donors (Lipinski definition) is 1. The highest BCUT2D eigenvalue weighted by Gasteiger charge is 2.33. The number of rotatable bonds is 10. The number of aromatic nitrogens is 2. The van der Waals surface area contributed by atoms with E-state index in [4.69, 9.17) is 16.3 Å². The van der Waals surface area contributed by atoms with Crippen molar-refractivity contribution in [2.75, 3.05) is 31.6 Å². The van der Waals surface area contributed by atoms with E-state index in [9.17, 15) is 18.0 Å². The number of aryl methyl sites for hydroxylation is 2. The lowest BCUT2D eigenvalue weighted by atomic mass is 9.99. The number of hydrogen-bond acceptors (Lipinski definition) is 6. The van der Waals surface area contributed by atoms with Crippen LogP contribution in [0.4, 0.5) is 18.9 Å². The number of nitrogens with zero attached hydrogens (tertiary/aromatic N) is 4. The van der Waals surface area contributed by atoms with E-state index in [0.717, 1.165) is 49.7 Å². The van der Waals surface area contributed by atoms with Crippen LogP contribution in [0.5, 0.6) is 5.75 Å². The summed E-state index contributed by atoms with van der Waals surface area (Å²) in [6.07, 6.45) is -2.02. The van der Waals surface area contributed by atoms with Crippen LogP contribution in [0.2, 0.25) is 5.15 Å². The second-order valence-electron chi connectivity index (χ2n) is 10.7. The lowest BCUT2D eigenvalue weighted by Crippen LogP contribution is -2.48. The second-order valence-corrected chi connectivity index (χ2v) is 11.1. The third kappa shape index (κ3) is 7.92. The summed E-state index contributed by atoms with van der Waals surface area (Å²) in [5, 5.41) is 3.39. The number of ether oxygens (including phenoxy) is 1. The van der Waals surface area contributed by atoms with Gasteiger partial charge in [-0.05, 0) is 88.1 Å². The predicted octanol–water partition coefficient (Wildman–Crippen LogP) is 6.45. The molecule has 1 aliphatic heterocycles. The Hall–Kier alpha value is -3.37. The normalized spacial score (nSPS) is 15.3. The Bertz CT molecular complexity index is 1340. The molecule has 1 aromatic carbocycles. The summed E-state index contributed by atoms with van der Waals surface area (Å²) in [6, 6.07) is 13.7. The molecule has 1 aliphatic rings. The third-order valence-corrected chi connectivity index (χ3v) is 8.03. The fraction of sp³-hybridized carbons (Fsp3) is 0.452. The maximum absolute atomic E-state index is 13.3. The number of likely N-dealkylation sites (tertiary alicyclic amines) is 1. The number of nitrogens with one attached hydrogen (secondary N) is 1. The zero-order valence-electron chi connectivity index (χ0n) is 24.3. The lowest BCUT2D eigenvalue weighted by Gasteiger charge is -2.41. The largest absolute Gasteiger partial charge is 0.497 e. The van der Waals surface area contributed by atoms with E-state index in [2.05, 4.69) is 32.0 Å². The van der Waals surface area contributed by atoms with Gasteiger partial charge < -0.3 is 19.9 Å². The minimum atomic E-state index is -4.49. The number of methoxy groups -OCH3 is 1. The molecular formula is C31H37ClF3N5O2. The van der Waals surface area contributed by atoms with Gasteiger partial charge in [0.2, 0.25) is 0 Å². The topological polar surface area (TPSA) is 70.6 Å². The van der Waals surface area contributed by atoms with Crippen LogP contribution >= 0.6 is 11.6 Å². The second kappa shape index (κ2) is 13.7. The molecule has 1 fully saturated rings. The first-order chi connectivity index (χ1) is 20.0. The summed E-state index contributed by atoms with van der Waals surface area (Å²) in [4.78, 5) is 25.5. The van der Waals surface area contributed by atoms with Crippen LogP contribution in [0.15, 0.2) is 48.5 Å². The van der Waals surface area contributed by atoms with Crippen LogP contribution in [0.1, 0.15) is 59.2 Å². The molecule has 0 spiro atoms. The molecule has 11 heteroatoms. The van der Waals surface area contributed by atoms with Gasteiger partial charge in [-0.3, -0.25) is 4.79 Å². The summed E-state index contributed by atoms with van der Waals surface area (Å²) in [7, 11) is 1.60. The Labute approximate surface area is 250 Å². The molecule has 0 aliphatic carbocycles. The molecule has 1 saturated heterocycles. The number of carbonyl (C=O) groups is 1. The molecule has 4 rings (SSSR count). The van der Waals surface area contributed by atoms with Crippen LogP contribution in [0.3, 0.4) is 0 Å². The van der Waals surface area contributed by atoms with Crippen molar-refractivity contribution in [3.05, 3.63) is 81.9 Å². The lowest BCUT2D eigenvalue weighted by molar-refractivity contribution is -0.141. The first-order valence-corrected chi connectivity index (χ1v) is 14.4. The van der Waals surface area contributed by atoms with Crippen molar-refractivity contribution in [3.63, 3.8) is 0 Å². The molecule has 2 aromatic heterocycles. The first-order valence-electron chi connectivity index (χ1n) is 14.1. The monoisotopic (exact) mass is 603 g/mol. The van der Waals surface area contributed by atoms with Crippen molar-refractivity contribution in [2.24, 2.45) is 0 Å². The van der Waals surface area contributed by atoms with Gasteiger partial charge in [0, 0.05) is 37.4 Å². The van der Waals surface area contributed by atoms with Crippen LogP contribution in [0.25, 0.3) is 0 Å². The SMILES string of the molecule is COc1ccc(N(Cc2cccc(C(F)(F)F)n2)C2CCN([C@H](C)CCNC(=O)c3c(C)cc(Cl)nc3C)CC2)cc1. The van der Waals surface area contributed by atoms with E-state index in [1.807, 2.05) is 31.2 Å². The minimum Gasteiger partial charge on any atom is -0.497 e. The molecule has 226 valence electrons. The van der Waals surface area contributed by atoms with Gasteiger partial charge in [-0.15, -0.1) is 0 Å². The van der Waals surface area contributed by atoms with E-state index >= 15 is 0 Å². The Balaban J connectivity index is 1.37. The van der Waals surface area contributed by atoms with Crippen LogP contribution in [-0.2, 0) is 12.7 Å². The average molecular weight is 604 g/mol.